The predicted molar refractivity (Wildman–Crippen MR) is 67.8 cm³/mol. The molecule has 1 aromatic rings. The van der Waals surface area contributed by atoms with Gasteiger partial charge in [0.15, 0.2) is 0 Å². The van der Waals surface area contributed by atoms with Crippen LogP contribution in [0.5, 0.6) is 0 Å². The van der Waals surface area contributed by atoms with Gasteiger partial charge in [-0.1, -0.05) is 18.2 Å². The zero-order chi connectivity index (χ0) is 11.8. The highest BCUT2D eigenvalue weighted by Crippen LogP contribution is 2.34. The van der Waals surface area contributed by atoms with Gasteiger partial charge in [0.2, 0.25) is 5.91 Å². The highest BCUT2D eigenvalue weighted by atomic mass is 16.2. The third-order valence-corrected chi connectivity index (χ3v) is 3.81. The molecule has 17 heavy (non-hydrogen) atoms. The van der Waals surface area contributed by atoms with E-state index in [1.807, 2.05) is 23.1 Å². The van der Waals surface area contributed by atoms with E-state index in [1.54, 1.807) is 0 Å². The second-order valence-corrected chi connectivity index (χ2v) is 5.13. The summed E-state index contributed by atoms with van der Waals surface area (Å²) in [5, 5.41) is 0. The molecule has 0 aromatic heterocycles. The second kappa shape index (κ2) is 4.15. The van der Waals surface area contributed by atoms with Crippen molar-refractivity contribution in [1.82, 2.24) is 0 Å². The van der Waals surface area contributed by atoms with Gasteiger partial charge >= 0.3 is 0 Å². The molecular formula is C14H18N2O. The van der Waals surface area contributed by atoms with Gasteiger partial charge in [-0.25, -0.2) is 0 Å². The van der Waals surface area contributed by atoms with Crippen molar-refractivity contribution in [1.29, 1.82) is 0 Å². The molecule has 1 aliphatic carbocycles. The number of amides is 1. The van der Waals surface area contributed by atoms with E-state index in [-0.39, 0.29) is 11.9 Å². The fourth-order valence-corrected chi connectivity index (χ4v) is 2.58. The Bertz CT molecular complexity index is 440. The number of nitrogens with zero attached hydrogens (tertiary/aromatic N) is 1. The summed E-state index contributed by atoms with van der Waals surface area (Å²) in [5.74, 6) is 0.858. The molecule has 3 nitrogen and oxygen atoms in total. The van der Waals surface area contributed by atoms with Gasteiger partial charge in [-0.15, -0.1) is 0 Å². The number of hydrogen-bond donors (Lipinski definition) is 1. The number of anilines is 1. The smallest absolute Gasteiger partial charge is 0.227 e. The van der Waals surface area contributed by atoms with Crippen LogP contribution in [0.2, 0.25) is 0 Å². The Labute approximate surface area is 102 Å². The maximum Gasteiger partial charge on any atom is 0.227 e. The van der Waals surface area contributed by atoms with E-state index < -0.39 is 0 Å². The average Bonchev–Trinajstić information content (AvgIpc) is 3.17. The van der Waals surface area contributed by atoms with Crippen LogP contribution in [0.25, 0.3) is 0 Å². The van der Waals surface area contributed by atoms with E-state index in [9.17, 15) is 4.79 Å². The molecule has 3 rings (SSSR count). The number of para-hydroxylation sites is 1. The van der Waals surface area contributed by atoms with Crippen LogP contribution in [-0.2, 0) is 11.2 Å². The summed E-state index contributed by atoms with van der Waals surface area (Å²) in [6.45, 7) is 0.681. The number of carbonyl (C=O) groups is 1. The number of benzene rings is 1. The van der Waals surface area contributed by atoms with Crippen LogP contribution in [0, 0.1) is 5.92 Å². The molecule has 1 heterocycles. The van der Waals surface area contributed by atoms with Crippen molar-refractivity contribution in [3.05, 3.63) is 29.8 Å². The third kappa shape index (κ3) is 2.07. The lowest BCUT2D eigenvalue weighted by molar-refractivity contribution is -0.119. The van der Waals surface area contributed by atoms with E-state index in [0.29, 0.717) is 18.9 Å². The number of fused-ring (bicyclic) bond motifs is 1. The van der Waals surface area contributed by atoms with Crippen LogP contribution in [0.4, 0.5) is 5.69 Å². The molecule has 0 saturated heterocycles. The van der Waals surface area contributed by atoms with Gasteiger partial charge in [0.25, 0.3) is 0 Å². The molecule has 2 N–H and O–H groups in total. The molecule has 0 radical (unpaired) electrons. The molecule has 1 saturated carbocycles. The summed E-state index contributed by atoms with van der Waals surface area (Å²) in [5.41, 5.74) is 8.48. The van der Waals surface area contributed by atoms with E-state index in [0.717, 1.165) is 12.1 Å². The Kier molecular flexibility index (Phi) is 2.63. The summed E-state index contributed by atoms with van der Waals surface area (Å²) >= 11 is 0. The molecule has 1 unspecified atom stereocenters. The van der Waals surface area contributed by atoms with E-state index >= 15 is 0 Å². The highest BCUT2D eigenvalue weighted by molar-refractivity contribution is 5.96. The standard InChI is InChI=1S/C14H18N2O/c15-12(10-5-6-10)9-16-13-4-2-1-3-11(13)7-8-14(16)17/h1-4,10,12H,5-9,15H2. The topological polar surface area (TPSA) is 46.3 Å². The Morgan fingerprint density at radius 2 is 2.06 bits per heavy atom. The van der Waals surface area contributed by atoms with Crippen molar-refractivity contribution in [3.8, 4) is 0 Å². The van der Waals surface area contributed by atoms with Crippen molar-refractivity contribution in [2.24, 2.45) is 11.7 Å². The lowest BCUT2D eigenvalue weighted by Crippen LogP contribution is -2.44. The molecule has 1 aromatic carbocycles. The molecule has 90 valence electrons. The second-order valence-electron chi connectivity index (χ2n) is 5.13. The number of nitrogens with two attached hydrogens (primary N) is 1. The molecule has 1 atom stereocenters. The monoisotopic (exact) mass is 230 g/mol. The first-order valence-corrected chi connectivity index (χ1v) is 6.39. The Hall–Kier alpha value is -1.35. The van der Waals surface area contributed by atoms with Crippen molar-refractivity contribution in [3.63, 3.8) is 0 Å². The molecule has 0 bridgehead atoms. The lowest BCUT2D eigenvalue weighted by atomic mass is 10.00. The summed E-state index contributed by atoms with van der Waals surface area (Å²) < 4.78 is 0. The molecule has 3 heteroatoms. The Morgan fingerprint density at radius 1 is 1.29 bits per heavy atom. The number of carbonyl (C=O) groups excluding carboxylic acids is 1. The van der Waals surface area contributed by atoms with Gasteiger partial charge in [-0.2, -0.15) is 0 Å². The van der Waals surface area contributed by atoms with Crippen LogP contribution >= 0.6 is 0 Å². The first kappa shape index (κ1) is 10.8. The van der Waals surface area contributed by atoms with Crippen molar-refractivity contribution >= 4 is 11.6 Å². The zero-order valence-electron chi connectivity index (χ0n) is 9.93. The van der Waals surface area contributed by atoms with Crippen LogP contribution in [0.1, 0.15) is 24.8 Å². The maximum atomic E-state index is 12.0. The first-order valence-electron chi connectivity index (χ1n) is 6.39. The van der Waals surface area contributed by atoms with Crippen LogP contribution in [0.15, 0.2) is 24.3 Å². The Morgan fingerprint density at radius 3 is 2.82 bits per heavy atom. The van der Waals surface area contributed by atoms with Crippen LogP contribution in [0.3, 0.4) is 0 Å². The van der Waals surface area contributed by atoms with Crippen molar-refractivity contribution in [2.75, 3.05) is 11.4 Å². The van der Waals surface area contributed by atoms with Gasteiger partial charge in [-0.05, 0) is 36.8 Å². The number of aryl methyl sites for hydroxylation is 1. The third-order valence-electron chi connectivity index (χ3n) is 3.81. The molecule has 0 spiro atoms. The predicted octanol–water partition coefficient (Wildman–Crippen LogP) is 1.70. The molecule has 1 aliphatic heterocycles. The highest BCUT2D eigenvalue weighted by Gasteiger charge is 2.32. The fourth-order valence-electron chi connectivity index (χ4n) is 2.58. The number of hydrogen-bond acceptors (Lipinski definition) is 2. The molecule has 2 aliphatic rings. The SMILES string of the molecule is NC(CN1C(=O)CCc2ccccc21)C1CC1. The summed E-state index contributed by atoms with van der Waals surface area (Å²) in [6, 6.07) is 8.31. The zero-order valence-corrected chi connectivity index (χ0v) is 9.93. The normalized spacial score (nSPS) is 21.2. The number of rotatable bonds is 3. The first-order chi connectivity index (χ1) is 8.25. The minimum atomic E-state index is 0.144. The van der Waals surface area contributed by atoms with E-state index in [4.69, 9.17) is 5.73 Å². The largest absolute Gasteiger partial charge is 0.326 e. The van der Waals surface area contributed by atoms with E-state index in [2.05, 4.69) is 6.07 Å². The van der Waals surface area contributed by atoms with Gasteiger partial charge in [0.1, 0.15) is 0 Å². The summed E-state index contributed by atoms with van der Waals surface area (Å²) in [6.07, 6.45) is 3.94. The van der Waals surface area contributed by atoms with Crippen molar-refractivity contribution < 1.29 is 4.79 Å². The molecule has 1 amide bonds. The summed E-state index contributed by atoms with van der Waals surface area (Å²) in [4.78, 5) is 13.9. The minimum absolute atomic E-state index is 0.144. The van der Waals surface area contributed by atoms with E-state index in [1.165, 1.54) is 18.4 Å². The average molecular weight is 230 g/mol. The van der Waals surface area contributed by atoms with Gasteiger partial charge in [0, 0.05) is 24.7 Å². The summed E-state index contributed by atoms with van der Waals surface area (Å²) in [7, 11) is 0. The quantitative estimate of drug-likeness (QED) is 0.859. The van der Waals surface area contributed by atoms with Gasteiger partial charge in [0.05, 0.1) is 0 Å². The van der Waals surface area contributed by atoms with Gasteiger partial charge < -0.3 is 10.6 Å². The minimum Gasteiger partial charge on any atom is -0.326 e. The van der Waals surface area contributed by atoms with Gasteiger partial charge in [-0.3, -0.25) is 4.79 Å². The van der Waals surface area contributed by atoms with Crippen LogP contribution < -0.4 is 10.6 Å². The van der Waals surface area contributed by atoms with Crippen LogP contribution in [-0.4, -0.2) is 18.5 Å². The maximum absolute atomic E-state index is 12.0. The molecule has 1 fully saturated rings. The molecular weight excluding hydrogens is 212 g/mol. The van der Waals surface area contributed by atoms with Crippen molar-refractivity contribution in [2.45, 2.75) is 31.7 Å². The lowest BCUT2D eigenvalue weighted by Gasteiger charge is -2.31. The fraction of sp³-hybridized carbons (Fsp3) is 0.500. The Balaban J connectivity index is 1.84.